The molecule has 206 valence electrons. The highest BCUT2D eigenvalue weighted by molar-refractivity contribution is 8.16. The Morgan fingerprint density at radius 3 is 2.34 bits per heavy atom. The van der Waals surface area contributed by atoms with Crippen molar-refractivity contribution in [2.45, 2.75) is 78.1 Å². The second-order valence-electron chi connectivity index (χ2n) is 11.2. The van der Waals surface area contributed by atoms with Crippen molar-refractivity contribution in [2.75, 3.05) is 19.6 Å². The quantitative estimate of drug-likeness (QED) is 0.349. The van der Waals surface area contributed by atoms with Crippen molar-refractivity contribution in [3.05, 3.63) is 70.1 Å². The molecule has 38 heavy (non-hydrogen) atoms. The van der Waals surface area contributed by atoms with E-state index in [0.717, 1.165) is 78.9 Å². The molecule has 1 aliphatic carbocycles. The number of halogens is 3. The summed E-state index contributed by atoms with van der Waals surface area (Å²) < 4.78 is 44.6. The average molecular weight is 545 g/mol. The molecule has 0 saturated heterocycles. The molecule has 2 aliphatic heterocycles. The number of hydrogen-bond donors (Lipinski definition) is 0. The summed E-state index contributed by atoms with van der Waals surface area (Å²) in [6, 6.07) is 11.8. The highest BCUT2D eigenvalue weighted by atomic mass is 32.2. The van der Waals surface area contributed by atoms with E-state index in [1.807, 2.05) is 5.41 Å². The first-order chi connectivity index (χ1) is 18.0. The lowest BCUT2D eigenvalue weighted by Crippen LogP contribution is -2.34. The van der Waals surface area contributed by atoms with Gasteiger partial charge in [0, 0.05) is 19.6 Å². The molecule has 3 nitrogen and oxygen atoms in total. The van der Waals surface area contributed by atoms with E-state index >= 15 is 0 Å². The molecular weight excluding hydrogens is 505 g/mol. The van der Waals surface area contributed by atoms with Crippen molar-refractivity contribution in [3.8, 4) is 5.75 Å². The molecule has 2 aromatic rings. The molecule has 2 heterocycles. The van der Waals surface area contributed by atoms with Crippen LogP contribution in [0.25, 0.3) is 5.57 Å². The summed E-state index contributed by atoms with van der Waals surface area (Å²) in [5.41, 5.74) is 3.63. The van der Waals surface area contributed by atoms with Gasteiger partial charge in [0.1, 0.15) is 11.4 Å². The van der Waals surface area contributed by atoms with Gasteiger partial charge in [0.05, 0.1) is 17.2 Å². The van der Waals surface area contributed by atoms with Crippen LogP contribution in [0.15, 0.2) is 52.9 Å². The molecule has 0 spiro atoms. The van der Waals surface area contributed by atoms with Gasteiger partial charge in [0.15, 0.2) is 0 Å². The molecule has 0 atom stereocenters. The molecule has 2 aromatic carbocycles. The number of alkyl halides is 3. The van der Waals surface area contributed by atoms with Crippen molar-refractivity contribution in [3.63, 3.8) is 0 Å². The first-order valence-corrected chi connectivity index (χ1v) is 14.5. The van der Waals surface area contributed by atoms with Crippen molar-refractivity contribution in [1.82, 2.24) is 4.90 Å². The minimum atomic E-state index is -4.31. The minimum absolute atomic E-state index is 0.160. The van der Waals surface area contributed by atoms with Crippen LogP contribution in [0, 0.1) is 5.92 Å². The molecule has 0 radical (unpaired) electrons. The molecule has 1 fully saturated rings. The average Bonchev–Trinajstić information content (AvgIpc) is 3.66. The van der Waals surface area contributed by atoms with Crippen LogP contribution in [0.4, 0.5) is 13.2 Å². The molecule has 3 aliphatic rings. The number of hydrogen-bond acceptors (Lipinski definition) is 4. The fourth-order valence-electron chi connectivity index (χ4n) is 4.62. The van der Waals surface area contributed by atoms with E-state index in [-0.39, 0.29) is 5.60 Å². The van der Waals surface area contributed by atoms with Crippen LogP contribution >= 0.6 is 11.8 Å². The van der Waals surface area contributed by atoms with Crippen LogP contribution in [0.3, 0.4) is 0 Å². The molecule has 0 aromatic heterocycles. The number of benzene rings is 2. The monoisotopic (exact) mass is 544 g/mol. The molecule has 1 saturated carbocycles. The first kappa shape index (κ1) is 28.8. The summed E-state index contributed by atoms with van der Waals surface area (Å²) in [5, 5.41) is 3.06. The van der Waals surface area contributed by atoms with Crippen molar-refractivity contribution in [2.24, 2.45) is 10.9 Å². The third-order valence-electron chi connectivity index (χ3n) is 7.09. The van der Waals surface area contributed by atoms with E-state index < -0.39 is 11.7 Å². The second-order valence-corrected chi connectivity index (χ2v) is 12.2. The van der Waals surface area contributed by atoms with Gasteiger partial charge in [-0.25, -0.2) is 0 Å². The van der Waals surface area contributed by atoms with E-state index in [9.17, 15) is 13.2 Å². The van der Waals surface area contributed by atoms with Gasteiger partial charge < -0.3 is 4.74 Å². The maximum atomic E-state index is 12.8. The Bertz CT molecular complexity index is 1150. The fourth-order valence-corrected chi connectivity index (χ4v) is 5.51. The molecule has 0 amide bonds. The van der Waals surface area contributed by atoms with Crippen molar-refractivity contribution in [1.29, 1.82) is 0 Å². The van der Waals surface area contributed by atoms with Gasteiger partial charge >= 0.3 is 6.18 Å². The topological polar surface area (TPSA) is 24.8 Å². The Hall–Kier alpha value is -2.25. The Balaban J connectivity index is 0.000000768. The lowest BCUT2D eigenvalue weighted by molar-refractivity contribution is -0.137. The fraction of sp³-hybridized carbons (Fsp3) is 0.516. The van der Waals surface area contributed by atoms with Crippen LogP contribution in [0.1, 0.15) is 75.6 Å². The Labute approximate surface area is 229 Å². The summed E-state index contributed by atoms with van der Waals surface area (Å²) in [7, 11) is 0. The number of nitrogens with zero attached hydrogens (tertiary/aromatic N) is 2. The number of fused-ring (bicyclic) bond motifs is 1. The third-order valence-corrected chi connectivity index (χ3v) is 8.02. The van der Waals surface area contributed by atoms with E-state index in [4.69, 9.17) is 9.73 Å². The highest BCUT2D eigenvalue weighted by Crippen LogP contribution is 2.32. The van der Waals surface area contributed by atoms with Gasteiger partial charge in [0.2, 0.25) is 0 Å². The zero-order valence-electron chi connectivity index (χ0n) is 22.9. The molecule has 0 bridgehead atoms. The van der Waals surface area contributed by atoms with E-state index in [0.29, 0.717) is 6.54 Å². The van der Waals surface area contributed by atoms with Gasteiger partial charge in [-0.15, -0.1) is 0 Å². The van der Waals surface area contributed by atoms with Gasteiger partial charge in [-0.3, -0.25) is 9.89 Å². The van der Waals surface area contributed by atoms with Crippen LogP contribution in [0.2, 0.25) is 0 Å². The number of ether oxygens (including phenoxy) is 1. The van der Waals surface area contributed by atoms with Crippen LogP contribution in [0.5, 0.6) is 5.75 Å². The lowest BCUT2D eigenvalue weighted by Gasteiger charge is -2.31. The Morgan fingerprint density at radius 1 is 1.05 bits per heavy atom. The first-order valence-electron chi connectivity index (χ1n) is 13.6. The number of rotatable bonds is 7. The maximum absolute atomic E-state index is 12.8. The number of thioether (sulfide) groups is 1. The van der Waals surface area contributed by atoms with E-state index in [1.165, 1.54) is 36.1 Å². The predicted octanol–water partition coefficient (Wildman–Crippen LogP) is 8.62. The summed E-state index contributed by atoms with van der Waals surface area (Å²) in [4.78, 5) is 7.10. The van der Waals surface area contributed by atoms with Gasteiger partial charge in [-0.2, -0.15) is 13.2 Å². The van der Waals surface area contributed by atoms with Gasteiger partial charge in [0.25, 0.3) is 0 Å². The second kappa shape index (κ2) is 12.3. The van der Waals surface area contributed by atoms with E-state index in [1.54, 1.807) is 11.8 Å². The van der Waals surface area contributed by atoms with Crippen molar-refractivity contribution >= 4 is 22.4 Å². The summed E-state index contributed by atoms with van der Waals surface area (Å²) in [6.07, 6.45) is 1.75. The molecule has 5 rings (SSSR count). The smallest absolute Gasteiger partial charge is 0.416 e. The van der Waals surface area contributed by atoms with Crippen LogP contribution in [-0.2, 0) is 19.1 Å². The highest BCUT2D eigenvalue weighted by Gasteiger charge is 2.30. The lowest BCUT2D eigenvalue weighted by atomic mass is 9.99. The SMILES string of the molecule is CC1CC1.CCCC(C)(C)Oc1ccc2c(c1)CCN(CC1=NCC(c3ccc(C(F)(F)F)cc3)=CS1)C2. The molecule has 0 unspecified atom stereocenters. The van der Waals surface area contributed by atoms with Crippen LogP contribution in [-0.4, -0.2) is 35.2 Å². The van der Waals surface area contributed by atoms with Crippen molar-refractivity contribution < 1.29 is 17.9 Å². The zero-order chi connectivity index (χ0) is 27.3. The zero-order valence-corrected chi connectivity index (χ0v) is 23.7. The molecular formula is C31H39F3N2OS. The molecule has 7 heteroatoms. The summed E-state index contributed by atoms with van der Waals surface area (Å²) in [6.45, 7) is 11.8. The standard InChI is InChI=1S/C27H31F3N2OS.C4H8/c1-4-12-26(2,3)33-24-10-7-21-16-32(13-11-20(21)14-24)17-25-31-15-22(18-34-25)19-5-8-23(9-6-19)27(28,29)30;1-4-2-3-4/h5-10,14,18H,4,11-13,15-17H2,1-3H3;4H,2-3H2,1H3. The maximum Gasteiger partial charge on any atom is 0.416 e. The Kier molecular flexibility index (Phi) is 9.30. The summed E-state index contributed by atoms with van der Waals surface area (Å²) in [5.74, 6) is 2.03. The van der Waals surface area contributed by atoms with Gasteiger partial charge in [-0.05, 0) is 84.5 Å². The minimum Gasteiger partial charge on any atom is -0.488 e. The van der Waals surface area contributed by atoms with E-state index in [2.05, 4.69) is 50.8 Å². The van der Waals surface area contributed by atoms with Gasteiger partial charge in [-0.1, -0.05) is 63.1 Å². The van der Waals surface area contributed by atoms with Crippen LogP contribution < -0.4 is 4.74 Å². The third kappa shape index (κ3) is 8.37. The number of aliphatic imine (C=N–C) groups is 1. The predicted molar refractivity (Wildman–Crippen MR) is 153 cm³/mol. The largest absolute Gasteiger partial charge is 0.488 e. The molecule has 0 N–H and O–H groups in total. The Morgan fingerprint density at radius 2 is 1.76 bits per heavy atom. The summed E-state index contributed by atoms with van der Waals surface area (Å²) >= 11 is 1.57. The normalized spacial score (nSPS) is 18.1.